The van der Waals surface area contributed by atoms with Crippen LogP contribution in [0.15, 0.2) is 53.1 Å². The van der Waals surface area contributed by atoms with Crippen molar-refractivity contribution in [2.75, 3.05) is 19.5 Å². The lowest BCUT2D eigenvalue weighted by molar-refractivity contribution is 0.104. The molecule has 120 valence electrons. The first kappa shape index (κ1) is 17.0. The zero-order chi connectivity index (χ0) is 16.8. The third-order valence-corrected chi connectivity index (χ3v) is 3.57. The van der Waals surface area contributed by atoms with Crippen molar-refractivity contribution < 1.29 is 18.7 Å². The van der Waals surface area contributed by atoms with E-state index in [1.54, 1.807) is 30.3 Å². The number of rotatable bonds is 6. The zero-order valence-electron chi connectivity index (χ0n) is 12.6. The molecule has 2 rings (SSSR count). The van der Waals surface area contributed by atoms with E-state index in [4.69, 9.17) is 9.47 Å². The number of benzene rings is 2. The summed E-state index contributed by atoms with van der Waals surface area (Å²) in [4.78, 5) is 12.1. The molecule has 2 aromatic carbocycles. The smallest absolute Gasteiger partial charge is 0.187 e. The summed E-state index contributed by atoms with van der Waals surface area (Å²) in [7, 11) is 3.02. The Balaban J connectivity index is 2.09. The van der Waals surface area contributed by atoms with E-state index in [2.05, 4.69) is 21.2 Å². The first-order valence-electron chi connectivity index (χ1n) is 6.69. The van der Waals surface area contributed by atoms with Crippen LogP contribution in [0.1, 0.15) is 10.4 Å². The summed E-state index contributed by atoms with van der Waals surface area (Å²) in [5, 5.41) is 2.74. The third-order valence-electron chi connectivity index (χ3n) is 3.07. The topological polar surface area (TPSA) is 47.6 Å². The molecule has 23 heavy (non-hydrogen) atoms. The second kappa shape index (κ2) is 7.78. The molecule has 0 unspecified atom stereocenters. The average Bonchev–Trinajstić information content (AvgIpc) is 2.56. The molecule has 0 atom stereocenters. The van der Waals surface area contributed by atoms with Gasteiger partial charge in [-0.25, -0.2) is 4.39 Å². The van der Waals surface area contributed by atoms with Crippen molar-refractivity contribution in [1.82, 2.24) is 0 Å². The molecule has 0 spiro atoms. The van der Waals surface area contributed by atoms with E-state index in [0.717, 1.165) is 0 Å². The quantitative estimate of drug-likeness (QED) is 0.596. The molecule has 6 heteroatoms. The van der Waals surface area contributed by atoms with Crippen molar-refractivity contribution in [2.45, 2.75) is 0 Å². The van der Waals surface area contributed by atoms with E-state index in [0.29, 0.717) is 21.5 Å². The van der Waals surface area contributed by atoms with Gasteiger partial charge in [-0.05, 0) is 36.4 Å². The molecule has 0 radical (unpaired) electrons. The molecule has 0 heterocycles. The predicted molar refractivity (Wildman–Crippen MR) is 90.7 cm³/mol. The second-order valence-corrected chi connectivity index (χ2v) is 5.45. The standard InChI is InChI=1S/C17H15BrFNO3/c1-22-16-6-3-11(9-17(16)23-2)15(21)7-8-20-14-5-4-12(18)10-13(14)19/h3-10,20H,1-2H3. The van der Waals surface area contributed by atoms with Crippen LogP contribution in [-0.2, 0) is 0 Å². The van der Waals surface area contributed by atoms with E-state index >= 15 is 0 Å². The second-order valence-electron chi connectivity index (χ2n) is 4.54. The van der Waals surface area contributed by atoms with E-state index in [1.807, 2.05) is 0 Å². The highest BCUT2D eigenvalue weighted by molar-refractivity contribution is 9.10. The molecular weight excluding hydrogens is 365 g/mol. The monoisotopic (exact) mass is 379 g/mol. The molecule has 0 saturated carbocycles. The van der Waals surface area contributed by atoms with Crippen LogP contribution in [0.5, 0.6) is 11.5 Å². The van der Waals surface area contributed by atoms with Gasteiger partial charge in [0.2, 0.25) is 0 Å². The summed E-state index contributed by atoms with van der Waals surface area (Å²) in [6, 6.07) is 9.49. The van der Waals surface area contributed by atoms with Crippen molar-refractivity contribution in [3.63, 3.8) is 0 Å². The van der Waals surface area contributed by atoms with Crippen LogP contribution >= 0.6 is 15.9 Å². The van der Waals surface area contributed by atoms with Crippen LogP contribution in [0.3, 0.4) is 0 Å². The number of hydrogen-bond acceptors (Lipinski definition) is 4. The van der Waals surface area contributed by atoms with Gasteiger partial charge in [-0.1, -0.05) is 15.9 Å². The van der Waals surface area contributed by atoms with Gasteiger partial charge in [0.1, 0.15) is 5.82 Å². The summed E-state index contributed by atoms with van der Waals surface area (Å²) in [5.74, 6) is 0.361. The number of carbonyl (C=O) groups is 1. The van der Waals surface area contributed by atoms with Crippen LogP contribution in [0.2, 0.25) is 0 Å². The van der Waals surface area contributed by atoms with Crippen molar-refractivity contribution in [3.05, 3.63) is 64.5 Å². The van der Waals surface area contributed by atoms with Crippen LogP contribution in [0.4, 0.5) is 10.1 Å². The Morgan fingerprint density at radius 3 is 2.52 bits per heavy atom. The Labute approximate surface area is 142 Å². The number of allylic oxidation sites excluding steroid dienone is 1. The molecular formula is C17H15BrFNO3. The number of halogens is 2. The number of hydrogen-bond donors (Lipinski definition) is 1. The third kappa shape index (κ3) is 4.32. The zero-order valence-corrected chi connectivity index (χ0v) is 14.2. The van der Waals surface area contributed by atoms with Crippen LogP contribution < -0.4 is 14.8 Å². The van der Waals surface area contributed by atoms with Gasteiger partial charge in [0, 0.05) is 22.3 Å². The Hall–Kier alpha value is -2.34. The molecule has 0 bridgehead atoms. The molecule has 0 aromatic heterocycles. The summed E-state index contributed by atoms with van der Waals surface area (Å²) in [6.07, 6.45) is 2.72. The maximum absolute atomic E-state index is 13.6. The highest BCUT2D eigenvalue weighted by Gasteiger charge is 2.08. The molecule has 1 N–H and O–H groups in total. The minimum atomic E-state index is -0.414. The van der Waals surface area contributed by atoms with Crippen molar-refractivity contribution in [3.8, 4) is 11.5 Å². The highest BCUT2D eigenvalue weighted by atomic mass is 79.9. The number of anilines is 1. The molecule has 2 aromatic rings. The maximum Gasteiger partial charge on any atom is 0.187 e. The Bertz CT molecular complexity index is 747. The van der Waals surface area contributed by atoms with E-state index in [1.165, 1.54) is 32.6 Å². The van der Waals surface area contributed by atoms with Crippen molar-refractivity contribution in [1.29, 1.82) is 0 Å². The van der Waals surface area contributed by atoms with Gasteiger partial charge < -0.3 is 14.8 Å². The number of methoxy groups -OCH3 is 2. The first-order valence-corrected chi connectivity index (χ1v) is 7.49. The molecule has 0 fully saturated rings. The molecule has 0 aliphatic heterocycles. The predicted octanol–water partition coefficient (Wildman–Crippen LogP) is 4.41. The van der Waals surface area contributed by atoms with E-state index < -0.39 is 5.82 Å². The number of carbonyl (C=O) groups excluding carboxylic acids is 1. The van der Waals surface area contributed by atoms with Crippen LogP contribution in [-0.4, -0.2) is 20.0 Å². The fraction of sp³-hybridized carbons (Fsp3) is 0.118. The molecule has 0 amide bonds. The lowest BCUT2D eigenvalue weighted by atomic mass is 10.1. The van der Waals surface area contributed by atoms with Crippen molar-refractivity contribution in [2.24, 2.45) is 0 Å². The van der Waals surface area contributed by atoms with Crippen LogP contribution in [0.25, 0.3) is 0 Å². The van der Waals surface area contributed by atoms with Gasteiger partial charge in [0.15, 0.2) is 17.3 Å². The molecule has 0 saturated heterocycles. The van der Waals surface area contributed by atoms with Gasteiger partial charge in [-0.15, -0.1) is 0 Å². The Morgan fingerprint density at radius 2 is 1.87 bits per heavy atom. The lowest BCUT2D eigenvalue weighted by Crippen LogP contribution is -1.99. The molecule has 4 nitrogen and oxygen atoms in total. The minimum Gasteiger partial charge on any atom is -0.493 e. The van der Waals surface area contributed by atoms with Gasteiger partial charge in [-0.3, -0.25) is 4.79 Å². The largest absolute Gasteiger partial charge is 0.493 e. The summed E-state index contributed by atoms with van der Waals surface area (Å²) < 4.78 is 24.6. The van der Waals surface area contributed by atoms with Crippen LogP contribution in [0, 0.1) is 5.82 Å². The van der Waals surface area contributed by atoms with E-state index in [-0.39, 0.29) is 11.5 Å². The first-order chi connectivity index (χ1) is 11.0. The summed E-state index contributed by atoms with van der Waals surface area (Å²) in [5.41, 5.74) is 0.724. The number of nitrogens with one attached hydrogen (secondary N) is 1. The Kier molecular flexibility index (Phi) is 5.76. The molecule has 0 aliphatic carbocycles. The van der Waals surface area contributed by atoms with Gasteiger partial charge >= 0.3 is 0 Å². The van der Waals surface area contributed by atoms with Gasteiger partial charge in [0.05, 0.1) is 19.9 Å². The van der Waals surface area contributed by atoms with Gasteiger partial charge in [-0.2, -0.15) is 0 Å². The fourth-order valence-electron chi connectivity index (χ4n) is 1.90. The van der Waals surface area contributed by atoms with E-state index in [9.17, 15) is 9.18 Å². The summed E-state index contributed by atoms with van der Waals surface area (Å²) in [6.45, 7) is 0. The minimum absolute atomic E-state index is 0.240. The summed E-state index contributed by atoms with van der Waals surface area (Å²) >= 11 is 3.18. The van der Waals surface area contributed by atoms with Gasteiger partial charge in [0.25, 0.3) is 0 Å². The Morgan fingerprint density at radius 1 is 1.13 bits per heavy atom. The number of ketones is 1. The average molecular weight is 380 g/mol. The van der Waals surface area contributed by atoms with Crippen molar-refractivity contribution >= 4 is 27.4 Å². The maximum atomic E-state index is 13.6. The lowest BCUT2D eigenvalue weighted by Gasteiger charge is -2.08. The normalized spacial score (nSPS) is 10.6. The number of ether oxygens (including phenoxy) is 2. The SMILES string of the molecule is COc1ccc(C(=O)C=CNc2ccc(Br)cc2F)cc1OC. The highest BCUT2D eigenvalue weighted by Crippen LogP contribution is 2.27. The fourth-order valence-corrected chi connectivity index (χ4v) is 2.23. The molecule has 0 aliphatic rings.